The molecule has 0 spiro atoms. The third-order valence-electron chi connectivity index (χ3n) is 5.27. The van der Waals surface area contributed by atoms with Crippen LogP contribution in [0.2, 0.25) is 0 Å². The Hall–Kier alpha value is -2.89. The van der Waals surface area contributed by atoms with Crippen molar-refractivity contribution in [3.05, 3.63) is 65.9 Å². The molecule has 4 rings (SSSR count). The Morgan fingerprint density at radius 1 is 1.07 bits per heavy atom. The molecule has 0 radical (unpaired) electrons. The van der Waals surface area contributed by atoms with Gasteiger partial charge in [0.25, 0.3) is 0 Å². The maximum atomic E-state index is 5.35. The molecule has 3 aromatic rings. The molecule has 27 heavy (non-hydrogen) atoms. The number of aryl methyl sites for hydroxylation is 1. The van der Waals surface area contributed by atoms with E-state index in [9.17, 15) is 0 Å². The van der Waals surface area contributed by atoms with E-state index in [0.29, 0.717) is 5.92 Å². The second kappa shape index (κ2) is 7.78. The molecule has 0 N–H and O–H groups in total. The zero-order valence-corrected chi connectivity index (χ0v) is 15.9. The van der Waals surface area contributed by atoms with E-state index >= 15 is 0 Å². The van der Waals surface area contributed by atoms with Gasteiger partial charge in [-0.2, -0.15) is 0 Å². The number of nitrogens with zero attached hydrogens (tertiary/aromatic N) is 5. The molecular weight excluding hydrogens is 338 g/mol. The molecule has 0 atom stereocenters. The zero-order valence-electron chi connectivity index (χ0n) is 15.9. The fourth-order valence-corrected chi connectivity index (χ4v) is 3.76. The van der Waals surface area contributed by atoms with Crippen LogP contribution in [-0.4, -0.2) is 39.9 Å². The van der Waals surface area contributed by atoms with Crippen LogP contribution in [-0.2, 0) is 6.54 Å². The maximum absolute atomic E-state index is 5.35. The first kappa shape index (κ1) is 17.5. The summed E-state index contributed by atoms with van der Waals surface area (Å²) in [6.07, 6.45) is 3.98. The molecule has 0 amide bonds. The van der Waals surface area contributed by atoms with Gasteiger partial charge in [0.15, 0.2) is 0 Å². The molecule has 0 aliphatic carbocycles. The Bertz CT molecular complexity index is 885. The second-order valence-electron chi connectivity index (χ2n) is 6.99. The maximum Gasteiger partial charge on any atom is 0.136 e. The van der Waals surface area contributed by atoms with Gasteiger partial charge in [-0.05, 0) is 49.6 Å². The predicted molar refractivity (Wildman–Crippen MR) is 105 cm³/mol. The number of hydrogen-bond acceptors (Lipinski definition) is 5. The minimum absolute atomic E-state index is 0.428. The van der Waals surface area contributed by atoms with Crippen molar-refractivity contribution >= 4 is 5.82 Å². The van der Waals surface area contributed by atoms with Crippen LogP contribution in [0.25, 0.3) is 0 Å². The van der Waals surface area contributed by atoms with Crippen molar-refractivity contribution in [3.63, 3.8) is 0 Å². The molecule has 2 aromatic heterocycles. The van der Waals surface area contributed by atoms with Crippen LogP contribution < -0.4 is 9.64 Å². The number of methoxy groups -OCH3 is 1. The van der Waals surface area contributed by atoms with Crippen molar-refractivity contribution in [1.29, 1.82) is 0 Å². The Kier molecular flexibility index (Phi) is 5.05. The Balaban J connectivity index is 1.49. The summed E-state index contributed by atoms with van der Waals surface area (Å²) in [5.41, 5.74) is 1.20. The monoisotopic (exact) mass is 363 g/mol. The number of aromatic nitrogens is 4. The minimum atomic E-state index is 0.428. The largest absolute Gasteiger partial charge is 0.497 e. The summed E-state index contributed by atoms with van der Waals surface area (Å²) < 4.78 is 7.60. The van der Waals surface area contributed by atoms with Gasteiger partial charge in [0.05, 0.1) is 13.7 Å². The van der Waals surface area contributed by atoms with E-state index in [2.05, 4.69) is 42.8 Å². The van der Waals surface area contributed by atoms with E-state index in [1.165, 1.54) is 5.56 Å². The molecule has 6 nitrogen and oxygen atoms in total. The molecule has 3 heterocycles. The van der Waals surface area contributed by atoms with Crippen molar-refractivity contribution in [2.75, 3.05) is 25.1 Å². The SMILES string of the molecule is COc1cccc(Cn2c(C)nnc2C2CCN(c3ccccn3)CC2)c1. The van der Waals surface area contributed by atoms with Crippen molar-refractivity contribution < 1.29 is 4.74 Å². The molecule has 1 aliphatic heterocycles. The van der Waals surface area contributed by atoms with Crippen molar-refractivity contribution in [1.82, 2.24) is 19.7 Å². The van der Waals surface area contributed by atoms with E-state index in [1.54, 1.807) is 7.11 Å². The first-order valence-corrected chi connectivity index (χ1v) is 9.43. The van der Waals surface area contributed by atoms with Crippen LogP contribution in [0.3, 0.4) is 0 Å². The summed E-state index contributed by atoms with van der Waals surface area (Å²) in [6.45, 7) is 4.78. The standard InChI is InChI=1S/C21H25N5O/c1-16-23-24-21(26(16)15-17-6-5-7-19(14-17)27-2)18-9-12-25(13-10-18)20-8-3-4-11-22-20/h3-8,11,14,18H,9-10,12-13,15H2,1-2H3. The molecule has 1 aliphatic rings. The Morgan fingerprint density at radius 3 is 2.67 bits per heavy atom. The van der Waals surface area contributed by atoms with E-state index < -0.39 is 0 Å². The number of pyridine rings is 1. The molecule has 140 valence electrons. The molecule has 6 heteroatoms. The van der Waals surface area contributed by atoms with Crippen LogP contribution in [0, 0.1) is 6.92 Å². The first-order chi connectivity index (χ1) is 13.2. The van der Waals surface area contributed by atoms with E-state index in [4.69, 9.17) is 4.74 Å². The number of hydrogen-bond donors (Lipinski definition) is 0. The van der Waals surface area contributed by atoms with Crippen molar-refractivity contribution in [3.8, 4) is 5.75 Å². The summed E-state index contributed by atoms with van der Waals surface area (Å²) in [6, 6.07) is 14.3. The smallest absolute Gasteiger partial charge is 0.136 e. The van der Waals surface area contributed by atoms with Gasteiger partial charge < -0.3 is 14.2 Å². The van der Waals surface area contributed by atoms with Gasteiger partial charge in [-0.15, -0.1) is 10.2 Å². The highest BCUT2D eigenvalue weighted by Crippen LogP contribution is 2.29. The van der Waals surface area contributed by atoms with Crippen molar-refractivity contribution in [2.45, 2.75) is 32.2 Å². The van der Waals surface area contributed by atoms with Crippen LogP contribution >= 0.6 is 0 Å². The van der Waals surface area contributed by atoms with Gasteiger partial charge in [0.2, 0.25) is 0 Å². The fraction of sp³-hybridized carbons (Fsp3) is 0.381. The summed E-state index contributed by atoms with van der Waals surface area (Å²) in [7, 11) is 1.70. The molecule has 1 fully saturated rings. The van der Waals surface area contributed by atoms with Gasteiger partial charge in [-0.1, -0.05) is 18.2 Å². The van der Waals surface area contributed by atoms with Crippen LogP contribution in [0.15, 0.2) is 48.7 Å². The molecule has 0 saturated carbocycles. The average Bonchev–Trinajstić information content (AvgIpc) is 3.09. The molecule has 1 saturated heterocycles. The van der Waals surface area contributed by atoms with Gasteiger partial charge in [-0.25, -0.2) is 4.98 Å². The third-order valence-corrected chi connectivity index (χ3v) is 5.27. The van der Waals surface area contributed by atoms with Crippen LogP contribution in [0.1, 0.15) is 36.0 Å². The summed E-state index contributed by atoms with van der Waals surface area (Å²) in [4.78, 5) is 6.83. The summed E-state index contributed by atoms with van der Waals surface area (Å²) in [5, 5.41) is 8.89. The normalized spacial score (nSPS) is 15.1. The number of benzene rings is 1. The lowest BCUT2D eigenvalue weighted by molar-refractivity contribution is 0.414. The molecular formula is C21H25N5O. The molecule has 0 bridgehead atoms. The van der Waals surface area contributed by atoms with Gasteiger partial charge in [-0.3, -0.25) is 0 Å². The Labute approximate surface area is 159 Å². The average molecular weight is 363 g/mol. The van der Waals surface area contributed by atoms with E-state index in [0.717, 1.165) is 55.7 Å². The highest BCUT2D eigenvalue weighted by Gasteiger charge is 2.26. The summed E-state index contributed by atoms with van der Waals surface area (Å²) in [5.74, 6) is 4.42. The minimum Gasteiger partial charge on any atom is -0.497 e. The fourth-order valence-electron chi connectivity index (χ4n) is 3.76. The van der Waals surface area contributed by atoms with Crippen LogP contribution in [0.5, 0.6) is 5.75 Å². The molecule has 0 unspecified atom stereocenters. The van der Waals surface area contributed by atoms with Crippen molar-refractivity contribution in [2.24, 2.45) is 0 Å². The van der Waals surface area contributed by atoms with E-state index in [-0.39, 0.29) is 0 Å². The van der Waals surface area contributed by atoms with Gasteiger partial charge in [0, 0.05) is 25.2 Å². The lowest BCUT2D eigenvalue weighted by Crippen LogP contribution is -2.34. The first-order valence-electron chi connectivity index (χ1n) is 9.43. The highest BCUT2D eigenvalue weighted by molar-refractivity contribution is 5.38. The van der Waals surface area contributed by atoms with E-state index in [1.807, 2.05) is 37.4 Å². The second-order valence-corrected chi connectivity index (χ2v) is 6.99. The number of ether oxygens (including phenoxy) is 1. The predicted octanol–water partition coefficient (Wildman–Crippen LogP) is 3.42. The molecule has 1 aromatic carbocycles. The lowest BCUT2D eigenvalue weighted by atomic mass is 9.95. The summed E-state index contributed by atoms with van der Waals surface area (Å²) >= 11 is 0. The Morgan fingerprint density at radius 2 is 1.93 bits per heavy atom. The quantitative estimate of drug-likeness (QED) is 0.695. The van der Waals surface area contributed by atoms with Gasteiger partial charge in [0.1, 0.15) is 23.2 Å². The third kappa shape index (κ3) is 3.79. The number of rotatable bonds is 5. The number of anilines is 1. The highest BCUT2D eigenvalue weighted by atomic mass is 16.5. The lowest BCUT2D eigenvalue weighted by Gasteiger charge is -2.32. The van der Waals surface area contributed by atoms with Crippen LogP contribution in [0.4, 0.5) is 5.82 Å². The van der Waals surface area contributed by atoms with Gasteiger partial charge >= 0.3 is 0 Å². The topological polar surface area (TPSA) is 56.1 Å². The zero-order chi connectivity index (χ0) is 18.6. The number of piperidine rings is 1.